The minimum absolute atomic E-state index is 0.374. The SMILES string of the molecule is COCc1nc(NC2CCOCC2)cc([C@H]2CCOC2)n1. The van der Waals surface area contributed by atoms with Crippen molar-refractivity contribution in [2.24, 2.45) is 0 Å². The molecule has 0 radical (unpaired) electrons. The van der Waals surface area contributed by atoms with Crippen LogP contribution in [-0.4, -0.2) is 49.5 Å². The van der Waals surface area contributed by atoms with Crippen LogP contribution in [0, 0.1) is 0 Å². The lowest BCUT2D eigenvalue weighted by Crippen LogP contribution is -2.28. The molecule has 116 valence electrons. The number of ether oxygens (including phenoxy) is 3. The van der Waals surface area contributed by atoms with Gasteiger partial charge in [0.05, 0.1) is 12.3 Å². The Kier molecular flexibility index (Phi) is 5.00. The molecule has 2 aliphatic rings. The third-order valence-electron chi connectivity index (χ3n) is 3.99. The molecule has 3 rings (SSSR count). The second kappa shape index (κ2) is 7.15. The third kappa shape index (κ3) is 3.90. The summed E-state index contributed by atoms with van der Waals surface area (Å²) in [5, 5.41) is 3.52. The molecule has 21 heavy (non-hydrogen) atoms. The average molecular weight is 293 g/mol. The Hall–Kier alpha value is -1.24. The van der Waals surface area contributed by atoms with Crippen molar-refractivity contribution < 1.29 is 14.2 Å². The van der Waals surface area contributed by atoms with E-state index < -0.39 is 0 Å². The third-order valence-corrected chi connectivity index (χ3v) is 3.99. The summed E-state index contributed by atoms with van der Waals surface area (Å²) in [7, 11) is 1.67. The molecular weight excluding hydrogens is 270 g/mol. The van der Waals surface area contributed by atoms with Gasteiger partial charge in [0.15, 0.2) is 5.82 Å². The molecule has 2 fully saturated rings. The van der Waals surface area contributed by atoms with Crippen LogP contribution < -0.4 is 5.32 Å². The van der Waals surface area contributed by atoms with E-state index in [0.717, 1.165) is 63.0 Å². The van der Waals surface area contributed by atoms with Crippen LogP contribution in [0.3, 0.4) is 0 Å². The van der Waals surface area contributed by atoms with Crippen molar-refractivity contribution in [1.82, 2.24) is 9.97 Å². The highest BCUT2D eigenvalue weighted by molar-refractivity contribution is 5.38. The number of methoxy groups -OCH3 is 1. The van der Waals surface area contributed by atoms with E-state index in [2.05, 4.69) is 21.4 Å². The van der Waals surface area contributed by atoms with Gasteiger partial charge in [0.25, 0.3) is 0 Å². The first-order chi connectivity index (χ1) is 10.3. The molecule has 0 bridgehead atoms. The summed E-state index contributed by atoms with van der Waals surface area (Å²) in [5.41, 5.74) is 1.06. The zero-order valence-corrected chi connectivity index (χ0v) is 12.5. The molecule has 1 aromatic heterocycles. The predicted molar refractivity (Wildman–Crippen MR) is 78.4 cm³/mol. The van der Waals surface area contributed by atoms with E-state index in [1.165, 1.54) is 0 Å². The van der Waals surface area contributed by atoms with Crippen LogP contribution in [0.15, 0.2) is 6.07 Å². The van der Waals surface area contributed by atoms with E-state index in [0.29, 0.717) is 18.6 Å². The number of rotatable bonds is 5. The fraction of sp³-hybridized carbons (Fsp3) is 0.733. The van der Waals surface area contributed by atoms with Crippen molar-refractivity contribution in [3.8, 4) is 0 Å². The van der Waals surface area contributed by atoms with Crippen LogP contribution >= 0.6 is 0 Å². The molecule has 2 saturated heterocycles. The highest BCUT2D eigenvalue weighted by atomic mass is 16.5. The largest absolute Gasteiger partial charge is 0.381 e. The van der Waals surface area contributed by atoms with E-state index >= 15 is 0 Å². The van der Waals surface area contributed by atoms with Crippen molar-refractivity contribution in [3.63, 3.8) is 0 Å². The van der Waals surface area contributed by atoms with Crippen LogP contribution in [0.5, 0.6) is 0 Å². The van der Waals surface area contributed by atoms with Gasteiger partial charge in [-0.3, -0.25) is 0 Å². The van der Waals surface area contributed by atoms with Gasteiger partial charge in [0.1, 0.15) is 12.4 Å². The van der Waals surface area contributed by atoms with Crippen molar-refractivity contribution in [1.29, 1.82) is 0 Å². The summed E-state index contributed by atoms with van der Waals surface area (Å²) in [6.45, 7) is 3.63. The molecule has 1 atom stereocenters. The van der Waals surface area contributed by atoms with Crippen molar-refractivity contribution in [2.75, 3.05) is 38.9 Å². The normalized spacial score (nSPS) is 23.4. The molecule has 0 unspecified atom stereocenters. The van der Waals surface area contributed by atoms with Crippen LogP contribution in [-0.2, 0) is 20.8 Å². The summed E-state index contributed by atoms with van der Waals surface area (Å²) < 4.78 is 16.1. The van der Waals surface area contributed by atoms with Gasteiger partial charge in [0.2, 0.25) is 0 Å². The fourth-order valence-electron chi connectivity index (χ4n) is 2.81. The molecule has 0 spiro atoms. The molecule has 6 heteroatoms. The molecule has 6 nitrogen and oxygen atoms in total. The fourth-order valence-corrected chi connectivity index (χ4v) is 2.81. The predicted octanol–water partition coefficient (Wildman–Crippen LogP) is 1.72. The number of anilines is 1. The first kappa shape index (κ1) is 14.7. The van der Waals surface area contributed by atoms with Crippen LogP contribution in [0.2, 0.25) is 0 Å². The number of nitrogens with one attached hydrogen (secondary N) is 1. The van der Waals surface area contributed by atoms with Crippen molar-refractivity contribution >= 4 is 5.82 Å². The maximum Gasteiger partial charge on any atom is 0.156 e. The molecular formula is C15H23N3O3. The monoisotopic (exact) mass is 293 g/mol. The highest BCUT2D eigenvalue weighted by Crippen LogP contribution is 2.26. The Morgan fingerprint density at radius 1 is 1.19 bits per heavy atom. The van der Waals surface area contributed by atoms with Crippen LogP contribution in [0.4, 0.5) is 5.82 Å². The van der Waals surface area contributed by atoms with E-state index in [1.54, 1.807) is 7.11 Å². The molecule has 0 aromatic carbocycles. The van der Waals surface area contributed by atoms with Gasteiger partial charge in [-0.25, -0.2) is 9.97 Å². The quantitative estimate of drug-likeness (QED) is 0.891. The molecule has 1 N–H and O–H groups in total. The van der Waals surface area contributed by atoms with E-state index in [4.69, 9.17) is 14.2 Å². The Labute approximate surface area is 125 Å². The van der Waals surface area contributed by atoms with E-state index in [-0.39, 0.29) is 0 Å². The number of hydrogen-bond acceptors (Lipinski definition) is 6. The average Bonchev–Trinajstić information content (AvgIpc) is 3.03. The minimum Gasteiger partial charge on any atom is -0.381 e. The second-order valence-electron chi connectivity index (χ2n) is 5.62. The van der Waals surface area contributed by atoms with E-state index in [1.807, 2.05) is 0 Å². The van der Waals surface area contributed by atoms with Gasteiger partial charge in [-0.1, -0.05) is 0 Å². The Morgan fingerprint density at radius 2 is 2.00 bits per heavy atom. The zero-order chi connectivity index (χ0) is 14.5. The molecule has 2 aliphatic heterocycles. The van der Waals surface area contributed by atoms with Crippen molar-refractivity contribution in [3.05, 3.63) is 17.6 Å². The number of nitrogens with zero attached hydrogens (tertiary/aromatic N) is 2. The van der Waals surface area contributed by atoms with Gasteiger partial charge in [0, 0.05) is 45.0 Å². The van der Waals surface area contributed by atoms with Crippen molar-refractivity contribution in [2.45, 2.75) is 37.8 Å². The first-order valence-corrected chi connectivity index (χ1v) is 7.64. The lowest BCUT2D eigenvalue weighted by molar-refractivity contribution is 0.0903. The van der Waals surface area contributed by atoms with E-state index in [9.17, 15) is 0 Å². The summed E-state index contributed by atoms with van der Waals surface area (Å²) in [6, 6.07) is 2.49. The second-order valence-corrected chi connectivity index (χ2v) is 5.62. The van der Waals surface area contributed by atoms with Crippen LogP contribution in [0.1, 0.15) is 36.7 Å². The van der Waals surface area contributed by atoms with Gasteiger partial charge < -0.3 is 19.5 Å². The lowest BCUT2D eigenvalue weighted by atomic mass is 10.0. The van der Waals surface area contributed by atoms with Gasteiger partial charge in [-0.15, -0.1) is 0 Å². The van der Waals surface area contributed by atoms with Gasteiger partial charge in [-0.2, -0.15) is 0 Å². The number of aromatic nitrogens is 2. The molecule has 1 aromatic rings. The highest BCUT2D eigenvalue weighted by Gasteiger charge is 2.21. The van der Waals surface area contributed by atoms with Gasteiger partial charge in [-0.05, 0) is 19.3 Å². The Bertz CT molecular complexity index is 457. The summed E-state index contributed by atoms with van der Waals surface area (Å²) in [6.07, 6.45) is 3.07. The first-order valence-electron chi connectivity index (χ1n) is 7.64. The Balaban J connectivity index is 1.76. The number of hydrogen-bond donors (Lipinski definition) is 1. The molecule has 0 amide bonds. The smallest absolute Gasteiger partial charge is 0.156 e. The van der Waals surface area contributed by atoms with Crippen LogP contribution in [0.25, 0.3) is 0 Å². The van der Waals surface area contributed by atoms with Gasteiger partial charge >= 0.3 is 0 Å². The zero-order valence-electron chi connectivity index (χ0n) is 12.5. The topological polar surface area (TPSA) is 65.5 Å². The molecule has 0 aliphatic carbocycles. The standard InChI is InChI=1S/C15H23N3O3/c1-19-10-15-17-13(11-2-5-21-9-11)8-14(18-15)16-12-3-6-20-7-4-12/h8,11-12H,2-7,9-10H2,1H3,(H,16,17,18)/t11-/m0/s1. The Morgan fingerprint density at radius 3 is 2.71 bits per heavy atom. The maximum absolute atomic E-state index is 5.47. The lowest BCUT2D eigenvalue weighted by Gasteiger charge is -2.24. The summed E-state index contributed by atoms with van der Waals surface area (Å²) in [4.78, 5) is 9.18. The molecule has 3 heterocycles. The summed E-state index contributed by atoms with van der Waals surface area (Å²) in [5.74, 6) is 2.00. The molecule has 0 saturated carbocycles. The maximum atomic E-state index is 5.47. The summed E-state index contributed by atoms with van der Waals surface area (Å²) >= 11 is 0. The minimum atomic E-state index is 0.374.